The van der Waals surface area contributed by atoms with Crippen LogP contribution in [0.1, 0.15) is 40.5 Å². The lowest BCUT2D eigenvalue weighted by atomic mass is 9.79. The van der Waals surface area contributed by atoms with Crippen molar-refractivity contribution < 1.29 is 23.9 Å². The standard InChI is InChI=1S/C15H24N2O5/c1-5-21-12(19)11-15(8-10(18)16-11)6-7-17(9-15)13(20)22-14(2,3)4/h11H,5-9H2,1-4H3,(H,16,18). The van der Waals surface area contributed by atoms with Gasteiger partial charge in [0.2, 0.25) is 5.91 Å². The predicted molar refractivity (Wildman–Crippen MR) is 78.0 cm³/mol. The van der Waals surface area contributed by atoms with Crippen LogP contribution in [-0.2, 0) is 19.1 Å². The monoisotopic (exact) mass is 312 g/mol. The summed E-state index contributed by atoms with van der Waals surface area (Å²) in [5, 5.41) is 2.69. The third kappa shape index (κ3) is 3.34. The van der Waals surface area contributed by atoms with E-state index in [4.69, 9.17) is 9.47 Å². The first-order valence-corrected chi connectivity index (χ1v) is 7.61. The highest BCUT2D eigenvalue weighted by Gasteiger charge is 2.55. The quantitative estimate of drug-likeness (QED) is 0.771. The van der Waals surface area contributed by atoms with E-state index in [1.165, 1.54) is 0 Å². The first-order chi connectivity index (χ1) is 10.2. The summed E-state index contributed by atoms with van der Waals surface area (Å²) in [5.41, 5.74) is -1.16. The minimum Gasteiger partial charge on any atom is -0.464 e. The third-order valence-corrected chi connectivity index (χ3v) is 3.99. The van der Waals surface area contributed by atoms with Gasteiger partial charge in [0, 0.05) is 24.9 Å². The molecule has 124 valence electrons. The normalized spacial score (nSPS) is 27.9. The second-order valence-electron chi connectivity index (χ2n) is 6.94. The van der Waals surface area contributed by atoms with Crippen molar-refractivity contribution in [1.29, 1.82) is 0 Å². The van der Waals surface area contributed by atoms with Crippen molar-refractivity contribution in [3.63, 3.8) is 0 Å². The molecule has 0 saturated carbocycles. The number of carbonyl (C=O) groups excluding carboxylic acids is 3. The molecule has 22 heavy (non-hydrogen) atoms. The molecular formula is C15H24N2O5. The number of carbonyl (C=O) groups is 3. The molecule has 0 aromatic heterocycles. The van der Waals surface area contributed by atoms with Gasteiger partial charge in [-0.3, -0.25) is 4.79 Å². The number of hydrogen-bond acceptors (Lipinski definition) is 5. The molecule has 1 N–H and O–H groups in total. The highest BCUT2D eigenvalue weighted by atomic mass is 16.6. The molecule has 2 unspecified atom stereocenters. The zero-order valence-corrected chi connectivity index (χ0v) is 13.6. The van der Waals surface area contributed by atoms with Gasteiger partial charge in [-0.25, -0.2) is 9.59 Å². The van der Waals surface area contributed by atoms with Crippen molar-refractivity contribution in [3.8, 4) is 0 Å². The molecule has 0 radical (unpaired) electrons. The Hall–Kier alpha value is -1.79. The van der Waals surface area contributed by atoms with Gasteiger partial charge in [0.05, 0.1) is 6.61 Å². The maximum Gasteiger partial charge on any atom is 0.410 e. The fraction of sp³-hybridized carbons (Fsp3) is 0.800. The van der Waals surface area contributed by atoms with E-state index in [1.807, 2.05) is 0 Å². The smallest absolute Gasteiger partial charge is 0.410 e. The van der Waals surface area contributed by atoms with Crippen molar-refractivity contribution in [1.82, 2.24) is 10.2 Å². The van der Waals surface area contributed by atoms with Crippen molar-refractivity contribution in [2.75, 3.05) is 19.7 Å². The molecule has 2 fully saturated rings. The summed E-state index contributed by atoms with van der Waals surface area (Å²) in [7, 11) is 0. The Kier molecular flexibility index (Phi) is 4.35. The van der Waals surface area contributed by atoms with Crippen LogP contribution in [0.5, 0.6) is 0 Å². The van der Waals surface area contributed by atoms with Gasteiger partial charge in [-0.15, -0.1) is 0 Å². The number of ether oxygens (including phenoxy) is 2. The highest BCUT2D eigenvalue weighted by Crippen LogP contribution is 2.42. The molecule has 1 spiro atoms. The van der Waals surface area contributed by atoms with Crippen LogP contribution in [-0.4, -0.2) is 54.2 Å². The zero-order valence-electron chi connectivity index (χ0n) is 13.6. The van der Waals surface area contributed by atoms with E-state index >= 15 is 0 Å². The van der Waals surface area contributed by atoms with Gasteiger partial charge in [0.1, 0.15) is 11.6 Å². The number of esters is 1. The summed E-state index contributed by atoms with van der Waals surface area (Å²) in [4.78, 5) is 37.6. The fourth-order valence-corrected chi connectivity index (χ4v) is 3.08. The molecule has 0 aromatic rings. The first-order valence-electron chi connectivity index (χ1n) is 7.61. The lowest BCUT2D eigenvalue weighted by Gasteiger charge is -2.29. The lowest BCUT2D eigenvalue weighted by molar-refractivity contribution is -0.148. The van der Waals surface area contributed by atoms with Crippen molar-refractivity contribution in [2.24, 2.45) is 5.41 Å². The molecule has 2 atom stereocenters. The Bertz CT molecular complexity index is 485. The molecule has 7 nitrogen and oxygen atoms in total. The zero-order chi connectivity index (χ0) is 16.5. The minimum absolute atomic E-state index is 0.177. The van der Waals surface area contributed by atoms with Crippen LogP contribution < -0.4 is 5.32 Å². The van der Waals surface area contributed by atoms with Crippen LogP contribution in [0.25, 0.3) is 0 Å². The highest BCUT2D eigenvalue weighted by molar-refractivity contribution is 5.90. The van der Waals surface area contributed by atoms with Crippen LogP contribution in [0.2, 0.25) is 0 Å². The number of rotatable bonds is 2. The van der Waals surface area contributed by atoms with Crippen molar-refractivity contribution in [2.45, 2.75) is 52.2 Å². The van der Waals surface area contributed by atoms with Gasteiger partial charge < -0.3 is 19.7 Å². The summed E-state index contributed by atoms with van der Waals surface area (Å²) >= 11 is 0. The molecule has 7 heteroatoms. The SMILES string of the molecule is CCOC(=O)C1NC(=O)CC12CCN(C(=O)OC(C)(C)C)C2. The largest absolute Gasteiger partial charge is 0.464 e. The van der Waals surface area contributed by atoms with Crippen LogP contribution >= 0.6 is 0 Å². The summed E-state index contributed by atoms with van der Waals surface area (Å²) in [6.07, 6.45) is 0.399. The summed E-state index contributed by atoms with van der Waals surface area (Å²) < 4.78 is 10.4. The van der Waals surface area contributed by atoms with Crippen LogP contribution in [0.15, 0.2) is 0 Å². The van der Waals surface area contributed by atoms with E-state index in [2.05, 4.69) is 5.32 Å². The molecule has 2 saturated heterocycles. The van der Waals surface area contributed by atoms with E-state index in [0.717, 1.165) is 0 Å². The van der Waals surface area contributed by atoms with Gasteiger partial charge >= 0.3 is 12.1 Å². The molecular weight excluding hydrogens is 288 g/mol. The van der Waals surface area contributed by atoms with Crippen LogP contribution in [0, 0.1) is 5.41 Å². The van der Waals surface area contributed by atoms with E-state index < -0.39 is 29.1 Å². The Morgan fingerprint density at radius 2 is 2.09 bits per heavy atom. The van der Waals surface area contributed by atoms with Gasteiger partial charge in [-0.05, 0) is 34.1 Å². The first kappa shape index (κ1) is 16.6. The van der Waals surface area contributed by atoms with Crippen LogP contribution in [0.4, 0.5) is 4.79 Å². The van der Waals surface area contributed by atoms with Gasteiger partial charge in [0.25, 0.3) is 0 Å². The fourth-order valence-electron chi connectivity index (χ4n) is 3.08. The molecule has 2 amide bonds. The Morgan fingerprint density at radius 1 is 1.41 bits per heavy atom. The average Bonchev–Trinajstić information content (AvgIpc) is 2.93. The molecule has 0 aromatic carbocycles. The maximum atomic E-state index is 12.2. The molecule has 2 heterocycles. The van der Waals surface area contributed by atoms with Crippen molar-refractivity contribution in [3.05, 3.63) is 0 Å². The van der Waals surface area contributed by atoms with E-state index in [0.29, 0.717) is 19.5 Å². The molecule has 2 aliphatic rings. The molecule has 2 aliphatic heterocycles. The van der Waals surface area contributed by atoms with Crippen molar-refractivity contribution >= 4 is 18.0 Å². The number of nitrogens with zero attached hydrogens (tertiary/aromatic N) is 1. The lowest BCUT2D eigenvalue weighted by Crippen LogP contribution is -2.47. The average molecular weight is 312 g/mol. The molecule has 2 rings (SSSR count). The van der Waals surface area contributed by atoms with E-state index in [9.17, 15) is 14.4 Å². The number of hydrogen-bond donors (Lipinski definition) is 1. The number of amides is 2. The summed E-state index contributed by atoms with van der Waals surface area (Å²) in [5.74, 6) is -0.608. The Labute approximate surface area is 130 Å². The van der Waals surface area contributed by atoms with Crippen LogP contribution in [0.3, 0.4) is 0 Å². The third-order valence-electron chi connectivity index (χ3n) is 3.99. The predicted octanol–water partition coefficient (Wildman–Crippen LogP) is 1.07. The Balaban J connectivity index is 2.09. The summed E-state index contributed by atoms with van der Waals surface area (Å²) in [6.45, 7) is 8.19. The second-order valence-corrected chi connectivity index (χ2v) is 6.94. The molecule has 0 bridgehead atoms. The van der Waals surface area contributed by atoms with E-state index in [-0.39, 0.29) is 18.9 Å². The maximum absolute atomic E-state index is 12.2. The Morgan fingerprint density at radius 3 is 2.68 bits per heavy atom. The van der Waals surface area contributed by atoms with Gasteiger partial charge in [-0.2, -0.15) is 0 Å². The molecule has 0 aliphatic carbocycles. The number of likely N-dealkylation sites (tertiary alicyclic amines) is 1. The minimum atomic E-state index is -0.688. The van der Waals surface area contributed by atoms with E-state index in [1.54, 1.807) is 32.6 Å². The number of nitrogens with one attached hydrogen (secondary N) is 1. The van der Waals surface area contributed by atoms with Gasteiger partial charge in [-0.1, -0.05) is 0 Å². The van der Waals surface area contributed by atoms with Gasteiger partial charge in [0.15, 0.2) is 0 Å². The summed E-state index contributed by atoms with van der Waals surface area (Å²) in [6, 6.07) is -0.688. The second kappa shape index (κ2) is 5.78. The topological polar surface area (TPSA) is 84.9 Å².